The summed E-state index contributed by atoms with van der Waals surface area (Å²) in [5, 5.41) is 6.39. The number of hydrogen-bond acceptors (Lipinski definition) is 17. The highest BCUT2D eigenvalue weighted by molar-refractivity contribution is 6.01. The van der Waals surface area contributed by atoms with Crippen molar-refractivity contribution in [2.75, 3.05) is 73.6 Å². The fourth-order valence-electron chi connectivity index (χ4n) is 9.36. The van der Waals surface area contributed by atoms with Crippen LogP contribution in [0.2, 0.25) is 0 Å². The fraction of sp³-hybridized carbons (Fsp3) is 0.323. The molecule has 0 spiro atoms. The number of nitrogens with one attached hydrogen (secondary N) is 1. The number of amides is 1. The number of rotatable bonds is 30. The SMILES string of the molecule is COC(=O)[C@@]1(Cc2ccccc2)N=C(c2ccc(OCCCOC(=O)COCCOCCNC(=O)OCCCOc3ccc(C4=N[C@](Cc5ccccc5)(C(=O)OC)[C@H](c5ccccc5CN=[N+]=[N-])O4)cc3)cc2)O[C@H]1c1ccccc1. The van der Waals surface area contributed by atoms with Crippen LogP contribution in [-0.2, 0) is 71.7 Å². The monoisotopic (exact) mass is 1120 g/mol. The number of aliphatic imine (C=N–C) groups is 2. The summed E-state index contributed by atoms with van der Waals surface area (Å²) in [5.74, 6) is 0.116. The summed E-state index contributed by atoms with van der Waals surface area (Å²) in [5.41, 5.74) is 11.4. The second-order valence-corrected chi connectivity index (χ2v) is 18.9. The van der Waals surface area contributed by atoms with Gasteiger partial charge >= 0.3 is 24.0 Å². The van der Waals surface area contributed by atoms with Crippen molar-refractivity contribution in [3.05, 3.63) is 213 Å². The summed E-state index contributed by atoms with van der Waals surface area (Å²) >= 11 is 0. The van der Waals surface area contributed by atoms with E-state index in [9.17, 15) is 19.2 Å². The topological polar surface area (TPSA) is 246 Å². The average molecular weight is 1120 g/mol. The molecule has 20 heteroatoms. The minimum atomic E-state index is -1.49. The van der Waals surface area contributed by atoms with Crippen molar-refractivity contribution in [2.24, 2.45) is 15.1 Å². The van der Waals surface area contributed by atoms with Crippen molar-refractivity contribution in [3.8, 4) is 11.5 Å². The third-order valence-corrected chi connectivity index (χ3v) is 13.3. The van der Waals surface area contributed by atoms with Gasteiger partial charge in [-0.25, -0.2) is 29.2 Å². The number of carbonyl (C=O) groups is 4. The van der Waals surface area contributed by atoms with Crippen molar-refractivity contribution >= 4 is 35.8 Å². The van der Waals surface area contributed by atoms with E-state index in [0.717, 1.165) is 16.7 Å². The van der Waals surface area contributed by atoms with E-state index in [0.29, 0.717) is 59.1 Å². The molecule has 1 N–H and O–H groups in total. The van der Waals surface area contributed by atoms with Gasteiger partial charge in [-0.3, -0.25) is 0 Å². The van der Waals surface area contributed by atoms with E-state index < -0.39 is 47.3 Å². The van der Waals surface area contributed by atoms with Gasteiger partial charge in [-0.1, -0.05) is 120 Å². The number of nitrogens with zero attached hydrogens (tertiary/aromatic N) is 5. The first-order valence-corrected chi connectivity index (χ1v) is 26.7. The molecule has 8 rings (SSSR count). The number of carbonyl (C=O) groups excluding carboxylic acids is 4. The highest BCUT2D eigenvalue weighted by atomic mass is 16.6. The lowest BCUT2D eigenvalue weighted by Gasteiger charge is -2.30. The van der Waals surface area contributed by atoms with E-state index in [1.165, 1.54) is 14.2 Å². The molecule has 2 heterocycles. The lowest BCUT2D eigenvalue weighted by molar-refractivity contribution is -0.150. The molecule has 6 aromatic carbocycles. The first-order valence-electron chi connectivity index (χ1n) is 26.7. The Balaban J connectivity index is 0.673. The van der Waals surface area contributed by atoms with Gasteiger partial charge in [0.15, 0.2) is 12.2 Å². The van der Waals surface area contributed by atoms with Crippen LogP contribution in [0.1, 0.15) is 64.0 Å². The van der Waals surface area contributed by atoms with Gasteiger partial charge in [0, 0.05) is 48.3 Å². The summed E-state index contributed by atoms with van der Waals surface area (Å²) in [6.45, 7) is 1.36. The second kappa shape index (κ2) is 29.8. The molecule has 82 heavy (non-hydrogen) atoms. The van der Waals surface area contributed by atoms with Gasteiger partial charge in [0.1, 0.15) is 18.1 Å². The maximum Gasteiger partial charge on any atom is 0.407 e. The van der Waals surface area contributed by atoms with E-state index in [4.69, 9.17) is 62.9 Å². The predicted octanol–water partition coefficient (Wildman–Crippen LogP) is 9.38. The number of ether oxygens (including phenoxy) is 10. The van der Waals surface area contributed by atoms with Gasteiger partial charge in [0.25, 0.3) is 0 Å². The number of esters is 3. The van der Waals surface area contributed by atoms with Gasteiger partial charge in [-0.15, -0.1) is 0 Å². The molecule has 0 radical (unpaired) electrons. The highest BCUT2D eigenvalue weighted by Crippen LogP contribution is 2.45. The number of azide groups is 1. The molecule has 0 saturated heterocycles. The fourth-order valence-corrected chi connectivity index (χ4v) is 9.36. The van der Waals surface area contributed by atoms with Crippen LogP contribution in [0.5, 0.6) is 11.5 Å². The summed E-state index contributed by atoms with van der Waals surface area (Å²) in [7, 11) is 2.67. The lowest BCUT2D eigenvalue weighted by Crippen LogP contribution is -2.44. The molecule has 0 bridgehead atoms. The third kappa shape index (κ3) is 15.6. The third-order valence-electron chi connectivity index (χ3n) is 13.3. The Morgan fingerprint density at radius 1 is 0.573 bits per heavy atom. The second-order valence-electron chi connectivity index (χ2n) is 18.9. The van der Waals surface area contributed by atoms with Crippen molar-refractivity contribution in [2.45, 2.75) is 55.5 Å². The van der Waals surface area contributed by atoms with Gasteiger partial charge in [0.2, 0.25) is 22.9 Å². The standard InChI is InChI=1S/C62H64N6O14/c1-73-58(70)61(40-44-16-6-3-7-17-44)54(46-20-10-5-11-21-46)81-56(66-61)47-24-28-50(29-25-47)77-33-14-35-79-53(69)43-76-39-38-75-37-32-64-60(72)80-36-15-34-78-51-30-26-48(27-31-51)57-67-62(59(71)74-2,41-45-18-8-4-9-19-45)55(82-57)52-23-13-12-22-49(52)42-65-68-63/h3-13,16-31,54-55H,14-15,32-43H2,1-2H3,(H,64,72)/t54-,55-,61-,62-/m0/s1. The highest BCUT2D eigenvalue weighted by Gasteiger charge is 2.56. The zero-order chi connectivity index (χ0) is 57.4. The molecule has 1 amide bonds. The normalized spacial score (nSPS) is 17.8. The smallest absolute Gasteiger partial charge is 0.407 e. The van der Waals surface area contributed by atoms with Crippen LogP contribution in [0, 0.1) is 0 Å². The molecule has 0 fully saturated rings. The van der Waals surface area contributed by atoms with Crippen LogP contribution < -0.4 is 14.8 Å². The number of alkyl carbamates (subject to hydrolysis) is 1. The maximum atomic E-state index is 13.8. The van der Waals surface area contributed by atoms with E-state index in [2.05, 4.69) is 15.3 Å². The number of methoxy groups -OCH3 is 2. The molecule has 0 aromatic heterocycles. The minimum Gasteiger partial charge on any atom is -0.493 e. The summed E-state index contributed by atoms with van der Waals surface area (Å²) in [6, 6.07) is 50.2. The van der Waals surface area contributed by atoms with Crippen LogP contribution >= 0.6 is 0 Å². The van der Waals surface area contributed by atoms with Crippen LogP contribution in [0.25, 0.3) is 10.4 Å². The molecule has 0 unspecified atom stereocenters. The molecule has 426 valence electrons. The van der Waals surface area contributed by atoms with Gasteiger partial charge in [-0.2, -0.15) is 0 Å². The van der Waals surface area contributed by atoms with E-state index in [1.807, 2.05) is 127 Å². The van der Waals surface area contributed by atoms with Crippen molar-refractivity contribution in [1.29, 1.82) is 0 Å². The Morgan fingerprint density at radius 2 is 1.07 bits per heavy atom. The molecule has 2 aliphatic rings. The first-order chi connectivity index (χ1) is 40.1. The van der Waals surface area contributed by atoms with Gasteiger partial charge < -0.3 is 52.7 Å². The van der Waals surface area contributed by atoms with E-state index in [-0.39, 0.29) is 78.1 Å². The largest absolute Gasteiger partial charge is 0.493 e. The Kier molecular flexibility index (Phi) is 21.4. The molecule has 0 saturated carbocycles. The molecule has 4 atom stereocenters. The average Bonchev–Trinajstić information content (AvgIpc) is 4.19. The van der Waals surface area contributed by atoms with E-state index in [1.54, 1.807) is 36.4 Å². The Bertz CT molecular complexity index is 3160. The molecule has 2 aliphatic heterocycles. The van der Waals surface area contributed by atoms with Crippen molar-refractivity contribution in [1.82, 2.24) is 5.32 Å². The van der Waals surface area contributed by atoms with Gasteiger partial charge in [-0.05, 0) is 81.9 Å². The molecule has 0 aliphatic carbocycles. The zero-order valence-electron chi connectivity index (χ0n) is 45.6. The Morgan fingerprint density at radius 3 is 1.63 bits per heavy atom. The molecule has 20 nitrogen and oxygen atoms in total. The molecular weight excluding hydrogens is 1050 g/mol. The lowest BCUT2D eigenvalue weighted by atomic mass is 9.81. The summed E-state index contributed by atoms with van der Waals surface area (Å²) < 4.78 is 56.8. The number of benzene rings is 6. The number of hydrogen-bond donors (Lipinski definition) is 1. The minimum absolute atomic E-state index is 0.0537. The molecule has 6 aromatic rings. The van der Waals surface area contributed by atoms with Crippen LogP contribution in [0.15, 0.2) is 179 Å². The quantitative estimate of drug-likeness (QED) is 0.0110. The van der Waals surface area contributed by atoms with E-state index >= 15 is 0 Å². The van der Waals surface area contributed by atoms with Crippen molar-refractivity contribution < 1.29 is 66.5 Å². The Labute approximate surface area is 474 Å². The van der Waals surface area contributed by atoms with Crippen molar-refractivity contribution in [3.63, 3.8) is 0 Å². The summed E-state index contributed by atoms with van der Waals surface area (Å²) in [4.78, 5) is 64.6. The van der Waals surface area contributed by atoms with Gasteiger partial charge in [0.05, 0.1) is 67.0 Å². The predicted molar refractivity (Wildman–Crippen MR) is 301 cm³/mol. The van der Waals surface area contributed by atoms with Crippen LogP contribution in [-0.4, -0.2) is 120 Å². The molecular formula is C62H64N6O14. The first kappa shape index (κ1) is 58.9. The summed E-state index contributed by atoms with van der Waals surface area (Å²) in [6.07, 6.45) is -0.882. The van der Waals surface area contributed by atoms with Crippen LogP contribution in [0.4, 0.5) is 4.79 Å². The zero-order valence-corrected chi connectivity index (χ0v) is 45.6. The Hall–Kier alpha value is -9.23. The maximum absolute atomic E-state index is 13.8. The van der Waals surface area contributed by atoms with Crippen LogP contribution in [0.3, 0.4) is 0 Å².